The van der Waals surface area contributed by atoms with Gasteiger partial charge in [-0.15, -0.1) is 0 Å². The Morgan fingerprint density at radius 1 is 1.58 bits per heavy atom. The fourth-order valence-electron chi connectivity index (χ4n) is 1.69. The number of carbonyl (C=O) groups is 1. The molecular formula is C12H13N3O4. The maximum atomic E-state index is 11.4. The number of esters is 1. The number of ether oxygens (including phenoxy) is 1. The summed E-state index contributed by atoms with van der Waals surface area (Å²) < 4.78 is 4.79. The summed E-state index contributed by atoms with van der Waals surface area (Å²) in [6.45, 7) is 1.91. The second kappa shape index (κ2) is 6.47. The van der Waals surface area contributed by atoms with Crippen molar-refractivity contribution in [3.05, 3.63) is 38.9 Å². The van der Waals surface area contributed by atoms with E-state index >= 15 is 0 Å². The minimum Gasteiger partial charge on any atom is -0.466 e. The van der Waals surface area contributed by atoms with E-state index in [0.29, 0.717) is 11.1 Å². The topological polar surface area (TPSA) is 119 Å². The fraction of sp³-hybridized carbons (Fsp3) is 0.333. The second-order valence-electron chi connectivity index (χ2n) is 3.69. The van der Waals surface area contributed by atoms with Crippen LogP contribution in [0, 0.1) is 21.4 Å². The molecule has 100 valence electrons. The molecule has 2 N–H and O–H groups in total. The summed E-state index contributed by atoms with van der Waals surface area (Å²) in [4.78, 5) is 21.6. The number of carbonyl (C=O) groups excluding carboxylic acids is 1. The van der Waals surface area contributed by atoms with Crippen molar-refractivity contribution >= 4 is 11.7 Å². The fourth-order valence-corrected chi connectivity index (χ4v) is 1.69. The number of non-ortho nitro benzene ring substituents is 1. The number of nitriles is 1. The molecule has 1 aromatic carbocycles. The summed E-state index contributed by atoms with van der Waals surface area (Å²) >= 11 is 0. The van der Waals surface area contributed by atoms with E-state index in [2.05, 4.69) is 0 Å². The van der Waals surface area contributed by atoms with Crippen LogP contribution in [0.15, 0.2) is 12.1 Å². The lowest BCUT2D eigenvalue weighted by molar-refractivity contribution is -0.384. The molecule has 0 saturated carbocycles. The molecule has 0 heterocycles. The lowest BCUT2D eigenvalue weighted by atomic mass is 9.98. The van der Waals surface area contributed by atoms with Gasteiger partial charge in [0.25, 0.3) is 5.69 Å². The highest BCUT2D eigenvalue weighted by atomic mass is 16.6. The zero-order valence-corrected chi connectivity index (χ0v) is 10.4. The Morgan fingerprint density at radius 2 is 2.26 bits per heavy atom. The van der Waals surface area contributed by atoms with Crippen LogP contribution in [0.25, 0.3) is 0 Å². The second-order valence-corrected chi connectivity index (χ2v) is 3.69. The third kappa shape index (κ3) is 3.50. The van der Waals surface area contributed by atoms with E-state index in [4.69, 9.17) is 15.7 Å². The number of rotatable bonds is 5. The maximum Gasteiger partial charge on any atom is 0.310 e. The number of benzene rings is 1. The Bertz CT molecular complexity index is 549. The van der Waals surface area contributed by atoms with Crippen LogP contribution in [0.1, 0.15) is 23.6 Å². The average Bonchev–Trinajstić information content (AvgIpc) is 2.37. The Labute approximate surface area is 109 Å². The van der Waals surface area contributed by atoms with Gasteiger partial charge in [-0.3, -0.25) is 14.9 Å². The number of hydrogen-bond donors (Lipinski definition) is 1. The summed E-state index contributed by atoms with van der Waals surface area (Å²) in [6.07, 6.45) is -0.142. The molecule has 0 aliphatic rings. The molecule has 1 aromatic rings. The highest BCUT2D eigenvalue weighted by Gasteiger charge is 2.18. The molecule has 0 aliphatic carbocycles. The monoisotopic (exact) mass is 263 g/mol. The molecule has 7 heteroatoms. The number of nitrogens with zero attached hydrogens (tertiary/aromatic N) is 2. The van der Waals surface area contributed by atoms with Crippen molar-refractivity contribution in [2.75, 3.05) is 6.61 Å². The van der Waals surface area contributed by atoms with Crippen LogP contribution >= 0.6 is 0 Å². The lowest BCUT2D eigenvalue weighted by Gasteiger charge is -2.09. The predicted molar refractivity (Wildman–Crippen MR) is 66.0 cm³/mol. The molecule has 0 amide bonds. The van der Waals surface area contributed by atoms with Gasteiger partial charge in [-0.2, -0.15) is 5.26 Å². The Morgan fingerprint density at radius 3 is 2.74 bits per heavy atom. The Kier molecular flexibility index (Phi) is 4.97. The number of nitro groups is 1. The molecule has 0 bridgehead atoms. The smallest absolute Gasteiger partial charge is 0.310 e. The van der Waals surface area contributed by atoms with Crippen molar-refractivity contribution in [3.8, 4) is 6.07 Å². The van der Waals surface area contributed by atoms with Crippen LogP contribution in [0.2, 0.25) is 0 Å². The minimum atomic E-state index is -0.615. The van der Waals surface area contributed by atoms with Gasteiger partial charge < -0.3 is 10.5 Å². The molecule has 0 aromatic heterocycles. The van der Waals surface area contributed by atoms with Crippen molar-refractivity contribution in [1.29, 1.82) is 5.26 Å². The summed E-state index contributed by atoms with van der Waals surface area (Å²) in [6, 6.07) is 4.25. The van der Waals surface area contributed by atoms with E-state index in [9.17, 15) is 14.9 Å². The molecule has 0 atom stereocenters. The van der Waals surface area contributed by atoms with Gasteiger partial charge in [-0.05, 0) is 18.1 Å². The first-order valence-electron chi connectivity index (χ1n) is 5.59. The average molecular weight is 263 g/mol. The molecule has 1 rings (SSSR count). The zero-order valence-electron chi connectivity index (χ0n) is 10.4. The van der Waals surface area contributed by atoms with Gasteiger partial charge in [-0.1, -0.05) is 0 Å². The number of hydrogen-bond acceptors (Lipinski definition) is 6. The van der Waals surface area contributed by atoms with Gasteiger partial charge in [0.1, 0.15) is 0 Å². The first-order chi connectivity index (χ1) is 9.03. The van der Waals surface area contributed by atoms with Gasteiger partial charge in [0, 0.05) is 18.7 Å². The lowest BCUT2D eigenvalue weighted by Crippen LogP contribution is -2.12. The van der Waals surface area contributed by atoms with Crippen molar-refractivity contribution in [2.24, 2.45) is 5.73 Å². The number of nitrogens with two attached hydrogens (primary N) is 1. The molecule has 0 fully saturated rings. The van der Waals surface area contributed by atoms with Crippen LogP contribution < -0.4 is 5.73 Å². The van der Waals surface area contributed by atoms with Crippen molar-refractivity contribution in [3.63, 3.8) is 0 Å². The molecular weight excluding hydrogens is 250 g/mol. The van der Waals surface area contributed by atoms with E-state index in [1.54, 1.807) is 6.92 Å². The molecule has 19 heavy (non-hydrogen) atoms. The standard InChI is InChI=1S/C12H13N3O4/c1-2-19-12(16)5-8-3-10(15(17)18)4-9(6-13)11(8)7-14/h3-4H,2,5,7,14H2,1H3. The highest BCUT2D eigenvalue weighted by molar-refractivity contribution is 5.74. The van der Waals surface area contributed by atoms with Crippen LogP contribution in [-0.2, 0) is 22.5 Å². The van der Waals surface area contributed by atoms with Crippen molar-refractivity contribution in [1.82, 2.24) is 0 Å². The van der Waals surface area contributed by atoms with Crippen molar-refractivity contribution in [2.45, 2.75) is 19.9 Å². The summed E-state index contributed by atoms with van der Waals surface area (Å²) in [7, 11) is 0. The normalized spacial score (nSPS) is 9.74. The predicted octanol–water partition coefficient (Wildman–Crippen LogP) is 1.03. The van der Waals surface area contributed by atoms with E-state index in [1.165, 1.54) is 6.07 Å². The minimum absolute atomic E-state index is 0.0234. The summed E-state index contributed by atoms with van der Waals surface area (Å²) in [5, 5.41) is 19.8. The van der Waals surface area contributed by atoms with E-state index in [-0.39, 0.29) is 30.8 Å². The van der Waals surface area contributed by atoms with E-state index in [0.717, 1.165) is 6.07 Å². The molecule has 0 aliphatic heterocycles. The third-order valence-electron chi connectivity index (χ3n) is 2.50. The quantitative estimate of drug-likeness (QED) is 0.481. The molecule has 7 nitrogen and oxygen atoms in total. The van der Waals surface area contributed by atoms with Gasteiger partial charge >= 0.3 is 5.97 Å². The van der Waals surface area contributed by atoms with Crippen LogP contribution in [-0.4, -0.2) is 17.5 Å². The van der Waals surface area contributed by atoms with Crippen LogP contribution in [0.3, 0.4) is 0 Å². The molecule has 0 unspecified atom stereocenters. The van der Waals surface area contributed by atoms with Gasteiger partial charge in [0.2, 0.25) is 0 Å². The van der Waals surface area contributed by atoms with Crippen LogP contribution in [0.5, 0.6) is 0 Å². The zero-order chi connectivity index (χ0) is 14.4. The van der Waals surface area contributed by atoms with Gasteiger partial charge in [0.05, 0.1) is 29.6 Å². The van der Waals surface area contributed by atoms with E-state index in [1.807, 2.05) is 6.07 Å². The Hall–Kier alpha value is -2.46. The summed E-state index contributed by atoms with van der Waals surface area (Å²) in [5.74, 6) is -0.512. The number of nitro benzene ring substituents is 1. The third-order valence-corrected chi connectivity index (χ3v) is 2.50. The molecule has 0 saturated heterocycles. The van der Waals surface area contributed by atoms with Crippen LogP contribution in [0.4, 0.5) is 5.69 Å². The van der Waals surface area contributed by atoms with Crippen molar-refractivity contribution < 1.29 is 14.5 Å². The maximum absolute atomic E-state index is 11.4. The molecule has 0 spiro atoms. The van der Waals surface area contributed by atoms with Gasteiger partial charge in [0.15, 0.2) is 0 Å². The SMILES string of the molecule is CCOC(=O)Cc1cc([N+](=O)[O-])cc(C#N)c1CN. The van der Waals surface area contributed by atoms with E-state index < -0.39 is 10.9 Å². The Balaban J connectivity index is 3.26. The largest absolute Gasteiger partial charge is 0.466 e. The van der Waals surface area contributed by atoms with Gasteiger partial charge in [-0.25, -0.2) is 0 Å². The summed E-state index contributed by atoms with van der Waals surface area (Å²) in [5.41, 5.74) is 6.18. The first-order valence-corrected chi connectivity index (χ1v) is 5.59. The highest BCUT2D eigenvalue weighted by Crippen LogP contribution is 2.23. The molecule has 0 radical (unpaired) electrons. The first kappa shape index (κ1) is 14.6.